The van der Waals surface area contributed by atoms with Crippen LogP contribution in [0.1, 0.15) is 103 Å². The number of unbranched alkanes of at least 4 members (excludes halogenated alkanes) is 11. The summed E-state index contributed by atoms with van der Waals surface area (Å²) in [6.45, 7) is 3.12. The van der Waals surface area contributed by atoms with Crippen molar-refractivity contribution in [2.75, 3.05) is 13.1 Å². The molecule has 0 aromatic heterocycles. The predicted octanol–water partition coefficient (Wildman–Crippen LogP) is 5.46. The van der Waals surface area contributed by atoms with Crippen molar-refractivity contribution in [2.24, 2.45) is 0 Å². The quantitative estimate of drug-likeness (QED) is 0.172. The summed E-state index contributed by atoms with van der Waals surface area (Å²) in [7, 11) is 0. The van der Waals surface area contributed by atoms with Crippen LogP contribution in [0.4, 0.5) is 0 Å². The van der Waals surface area contributed by atoms with Gasteiger partial charge in [0.2, 0.25) is 5.91 Å². The maximum absolute atomic E-state index is 11.8. The second kappa shape index (κ2) is 17.9. The maximum atomic E-state index is 11.8. The van der Waals surface area contributed by atoms with Gasteiger partial charge in [-0.3, -0.25) is 19.3 Å². The lowest BCUT2D eigenvalue weighted by Gasteiger charge is -2.13. The minimum absolute atomic E-state index is 0.0600. The van der Waals surface area contributed by atoms with Crippen LogP contribution >= 0.6 is 0 Å². The summed E-state index contributed by atoms with van der Waals surface area (Å²) in [4.78, 5) is 35.8. The molecule has 3 amide bonds. The molecule has 0 atom stereocenters. The summed E-state index contributed by atoms with van der Waals surface area (Å²) >= 11 is 0. The summed E-state index contributed by atoms with van der Waals surface area (Å²) in [6.07, 6.45) is 24.6. The van der Waals surface area contributed by atoms with Crippen LogP contribution in [0.2, 0.25) is 0 Å². The molecule has 0 aromatic carbocycles. The molecule has 0 radical (unpaired) electrons. The molecule has 0 unspecified atom stereocenters. The van der Waals surface area contributed by atoms with Gasteiger partial charge in [-0.2, -0.15) is 0 Å². The highest BCUT2D eigenvalue weighted by molar-refractivity contribution is 6.12. The average molecular weight is 419 g/mol. The number of amides is 3. The average Bonchev–Trinajstić information content (AvgIpc) is 3.06. The topological polar surface area (TPSA) is 66.5 Å². The molecule has 5 heteroatoms. The molecule has 0 fully saturated rings. The van der Waals surface area contributed by atoms with Gasteiger partial charge in [0, 0.05) is 31.7 Å². The summed E-state index contributed by atoms with van der Waals surface area (Å²) in [6, 6.07) is 0. The highest BCUT2D eigenvalue weighted by atomic mass is 16.2. The Balaban J connectivity index is 1.82. The third-order valence-corrected chi connectivity index (χ3v) is 5.45. The molecule has 1 heterocycles. The fourth-order valence-electron chi connectivity index (χ4n) is 3.56. The normalized spacial score (nSPS) is 13.7. The maximum Gasteiger partial charge on any atom is 0.253 e. The van der Waals surface area contributed by atoms with E-state index in [1.807, 2.05) is 0 Å². The van der Waals surface area contributed by atoms with Crippen molar-refractivity contribution in [3.63, 3.8) is 0 Å². The van der Waals surface area contributed by atoms with Gasteiger partial charge in [-0.15, -0.1) is 0 Å². The fourth-order valence-corrected chi connectivity index (χ4v) is 3.56. The van der Waals surface area contributed by atoms with Crippen molar-refractivity contribution in [1.29, 1.82) is 0 Å². The number of hydrogen-bond donors (Lipinski definition) is 1. The third kappa shape index (κ3) is 13.3. The van der Waals surface area contributed by atoms with E-state index in [9.17, 15) is 14.4 Å². The summed E-state index contributed by atoms with van der Waals surface area (Å²) in [5.74, 6) is -0.468. The lowest BCUT2D eigenvalue weighted by Crippen LogP contribution is -2.33. The highest BCUT2D eigenvalue weighted by Gasteiger charge is 2.22. The Kier molecular flexibility index (Phi) is 15.6. The molecule has 1 N–H and O–H groups in total. The number of nitrogens with one attached hydrogen (secondary N) is 1. The standard InChI is InChI=1S/C25H42N2O3/c1-2-3-4-5-6-7-8-9-10-11-12-13-14-15-16-18-23(28)26-21-17-22-27-24(29)19-20-25(27)30/h9-10,19-20H,2-8,11-18,21-22H2,1H3,(H,26,28). The van der Waals surface area contributed by atoms with Crippen molar-refractivity contribution in [3.8, 4) is 0 Å². The van der Waals surface area contributed by atoms with E-state index in [-0.39, 0.29) is 17.7 Å². The molecule has 0 aromatic rings. The van der Waals surface area contributed by atoms with Crippen molar-refractivity contribution in [3.05, 3.63) is 24.3 Å². The van der Waals surface area contributed by atoms with Crippen LogP contribution in [0.25, 0.3) is 0 Å². The lowest BCUT2D eigenvalue weighted by atomic mass is 10.1. The Labute approximate surface area is 183 Å². The van der Waals surface area contributed by atoms with Gasteiger partial charge in [-0.1, -0.05) is 70.4 Å². The third-order valence-electron chi connectivity index (χ3n) is 5.45. The molecule has 1 aliphatic rings. The van der Waals surface area contributed by atoms with Gasteiger partial charge in [0.15, 0.2) is 0 Å². The van der Waals surface area contributed by atoms with Crippen LogP contribution in [0.15, 0.2) is 24.3 Å². The zero-order valence-electron chi connectivity index (χ0n) is 19.0. The largest absolute Gasteiger partial charge is 0.356 e. The van der Waals surface area contributed by atoms with E-state index < -0.39 is 0 Å². The van der Waals surface area contributed by atoms with E-state index in [4.69, 9.17) is 0 Å². The Morgan fingerprint density at radius 3 is 1.93 bits per heavy atom. The van der Waals surface area contributed by atoms with Crippen LogP contribution in [-0.2, 0) is 14.4 Å². The second-order valence-electron chi connectivity index (χ2n) is 8.20. The number of allylic oxidation sites excluding steroid dienone is 2. The SMILES string of the molecule is CCCCCCCCC=CCCCCCCCC(=O)NCCCN1C(=O)C=CC1=O. The van der Waals surface area contributed by atoms with E-state index in [1.54, 1.807) is 0 Å². The predicted molar refractivity (Wildman–Crippen MR) is 123 cm³/mol. The van der Waals surface area contributed by atoms with Gasteiger partial charge in [0.25, 0.3) is 11.8 Å². The van der Waals surface area contributed by atoms with E-state index in [2.05, 4.69) is 24.4 Å². The van der Waals surface area contributed by atoms with Crippen molar-refractivity contribution >= 4 is 17.7 Å². The molecule has 0 spiro atoms. The van der Waals surface area contributed by atoms with Gasteiger partial charge in [0.1, 0.15) is 0 Å². The van der Waals surface area contributed by atoms with Gasteiger partial charge in [-0.25, -0.2) is 0 Å². The highest BCUT2D eigenvalue weighted by Crippen LogP contribution is 2.10. The van der Waals surface area contributed by atoms with Crippen LogP contribution in [-0.4, -0.2) is 35.7 Å². The van der Waals surface area contributed by atoms with Crippen molar-refractivity contribution in [2.45, 2.75) is 103 Å². The molecule has 1 rings (SSSR count). The molecule has 5 nitrogen and oxygen atoms in total. The minimum atomic E-state index is -0.264. The number of rotatable bonds is 19. The molecule has 1 aliphatic heterocycles. The number of hydrogen-bond acceptors (Lipinski definition) is 3. The van der Waals surface area contributed by atoms with Crippen LogP contribution in [0.5, 0.6) is 0 Å². The Morgan fingerprint density at radius 1 is 0.800 bits per heavy atom. The Morgan fingerprint density at radius 2 is 1.33 bits per heavy atom. The molecule has 0 saturated carbocycles. The van der Waals surface area contributed by atoms with Crippen molar-refractivity contribution < 1.29 is 14.4 Å². The van der Waals surface area contributed by atoms with Crippen LogP contribution in [0.3, 0.4) is 0 Å². The van der Waals surface area contributed by atoms with E-state index in [0.29, 0.717) is 25.9 Å². The first-order valence-electron chi connectivity index (χ1n) is 12.1. The zero-order valence-corrected chi connectivity index (χ0v) is 19.0. The molecular formula is C25H42N2O3. The lowest BCUT2D eigenvalue weighted by molar-refractivity contribution is -0.136. The van der Waals surface area contributed by atoms with Gasteiger partial charge < -0.3 is 5.32 Å². The number of carbonyl (C=O) groups excluding carboxylic acids is 3. The summed E-state index contributed by atoms with van der Waals surface area (Å²) < 4.78 is 0. The molecule has 30 heavy (non-hydrogen) atoms. The monoisotopic (exact) mass is 418 g/mol. The van der Waals surface area contributed by atoms with Crippen LogP contribution in [0, 0.1) is 0 Å². The van der Waals surface area contributed by atoms with E-state index in [1.165, 1.54) is 87.7 Å². The first-order valence-corrected chi connectivity index (χ1v) is 12.1. The first kappa shape index (κ1) is 26.1. The smallest absolute Gasteiger partial charge is 0.253 e. The van der Waals surface area contributed by atoms with Crippen LogP contribution < -0.4 is 5.32 Å². The summed E-state index contributed by atoms with van der Waals surface area (Å²) in [5, 5.41) is 2.87. The number of nitrogens with zero attached hydrogens (tertiary/aromatic N) is 1. The molecule has 170 valence electrons. The van der Waals surface area contributed by atoms with Crippen molar-refractivity contribution in [1.82, 2.24) is 10.2 Å². The van der Waals surface area contributed by atoms with Gasteiger partial charge >= 0.3 is 0 Å². The molecule has 0 saturated heterocycles. The minimum Gasteiger partial charge on any atom is -0.356 e. The molecule has 0 bridgehead atoms. The fraction of sp³-hybridized carbons (Fsp3) is 0.720. The summed E-state index contributed by atoms with van der Waals surface area (Å²) in [5.41, 5.74) is 0. The Hall–Kier alpha value is -1.91. The Bertz CT molecular complexity index is 537. The zero-order chi connectivity index (χ0) is 21.9. The van der Waals surface area contributed by atoms with Gasteiger partial charge in [0.05, 0.1) is 0 Å². The van der Waals surface area contributed by atoms with E-state index in [0.717, 1.165) is 12.8 Å². The molecular weight excluding hydrogens is 376 g/mol. The van der Waals surface area contributed by atoms with E-state index >= 15 is 0 Å². The number of imide groups is 1. The van der Waals surface area contributed by atoms with Gasteiger partial charge in [-0.05, 0) is 38.5 Å². The number of carbonyl (C=O) groups is 3. The molecule has 0 aliphatic carbocycles. The second-order valence-corrected chi connectivity index (χ2v) is 8.20. The first-order chi connectivity index (χ1) is 14.6.